The molecule has 2 aromatic rings. The fraction of sp³-hybridized carbons (Fsp3) is 0.391. The fourth-order valence-corrected chi connectivity index (χ4v) is 4.07. The Balaban J connectivity index is 1.42. The van der Waals surface area contributed by atoms with Gasteiger partial charge in [-0.15, -0.1) is 0 Å². The average molecular weight is 395 g/mol. The lowest BCUT2D eigenvalue weighted by Gasteiger charge is -2.26. The number of nitrogens with zero attached hydrogens (tertiary/aromatic N) is 1. The van der Waals surface area contributed by atoms with Gasteiger partial charge in [0, 0.05) is 6.54 Å². The smallest absolute Gasteiger partial charge is 0.338 e. The standard InChI is InChI=1S/C23H25NO5/c1-15-10-16(2)12-18(11-15)23(26)29-14-22(25)24-7-3-4-19(24)17-5-6-20-21(13-17)28-9-8-27-20/h5-6,10-13,19H,3-4,7-9,14H2,1-2H3. The lowest BCUT2D eigenvalue weighted by Crippen LogP contribution is -2.34. The van der Waals surface area contributed by atoms with Gasteiger partial charge >= 0.3 is 5.97 Å². The molecule has 0 radical (unpaired) electrons. The van der Waals surface area contributed by atoms with Crippen LogP contribution in [0.25, 0.3) is 0 Å². The molecule has 2 aromatic carbocycles. The maximum Gasteiger partial charge on any atom is 0.338 e. The zero-order valence-corrected chi connectivity index (χ0v) is 16.8. The van der Waals surface area contributed by atoms with E-state index in [9.17, 15) is 9.59 Å². The molecule has 6 nitrogen and oxygen atoms in total. The van der Waals surface area contributed by atoms with Crippen molar-refractivity contribution in [2.75, 3.05) is 26.4 Å². The van der Waals surface area contributed by atoms with E-state index < -0.39 is 5.97 Å². The Kier molecular flexibility index (Phi) is 5.43. The Morgan fingerprint density at radius 3 is 2.52 bits per heavy atom. The van der Waals surface area contributed by atoms with Crippen LogP contribution in [0.15, 0.2) is 36.4 Å². The second-order valence-electron chi connectivity index (χ2n) is 7.60. The van der Waals surface area contributed by atoms with Crippen molar-refractivity contribution in [2.24, 2.45) is 0 Å². The number of amides is 1. The van der Waals surface area contributed by atoms with Crippen LogP contribution in [0.2, 0.25) is 0 Å². The van der Waals surface area contributed by atoms with Gasteiger partial charge in [-0.2, -0.15) is 0 Å². The van der Waals surface area contributed by atoms with Crippen LogP contribution in [-0.4, -0.2) is 43.1 Å². The van der Waals surface area contributed by atoms with Crippen LogP contribution in [0.4, 0.5) is 0 Å². The molecule has 1 amide bonds. The van der Waals surface area contributed by atoms with Crippen LogP contribution in [0.3, 0.4) is 0 Å². The number of likely N-dealkylation sites (tertiary alicyclic amines) is 1. The van der Waals surface area contributed by atoms with Gasteiger partial charge in [0.2, 0.25) is 0 Å². The number of rotatable bonds is 4. The summed E-state index contributed by atoms with van der Waals surface area (Å²) in [7, 11) is 0. The van der Waals surface area contributed by atoms with Crippen LogP contribution in [0, 0.1) is 13.8 Å². The summed E-state index contributed by atoms with van der Waals surface area (Å²) in [5.74, 6) is 0.799. The average Bonchev–Trinajstić information content (AvgIpc) is 3.20. The summed E-state index contributed by atoms with van der Waals surface area (Å²) in [6, 6.07) is 11.3. The maximum absolute atomic E-state index is 12.8. The summed E-state index contributed by atoms with van der Waals surface area (Å²) in [5.41, 5.74) is 3.46. The topological polar surface area (TPSA) is 65.1 Å². The summed E-state index contributed by atoms with van der Waals surface area (Å²) < 4.78 is 16.6. The molecule has 4 rings (SSSR count). The number of esters is 1. The molecular formula is C23H25NO5. The molecule has 0 aromatic heterocycles. The van der Waals surface area contributed by atoms with E-state index in [4.69, 9.17) is 14.2 Å². The van der Waals surface area contributed by atoms with Gasteiger partial charge in [-0.3, -0.25) is 4.79 Å². The molecule has 1 saturated heterocycles. The Morgan fingerprint density at radius 2 is 1.76 bits per heavy atom. The third-order valence-electron chi connectivity index (χ3n) is 5.31. The van der Waals surface area contributed by atoms with E-state index in [-0.39, 0.29) is 18.6 Å². The maximum atomic E-state index is 12.8. The molecule has 29 heavy (non-hydrogen) atoms. The Labute approximate surface area is 170 Å². The van der Waals surface area contributed by atoms with E-state index in [0.717, 1.165) is 35.3 Å². The number of carbonyl (C=O) groups is 2. The minimum absolute atomic E-state index is 0.0433. The van der Waals surface area contributed by atoms with Crippen molar-refractivity contribution in [3.63, 3.8) is 0 Å². The summed E-state index contributed by atoms with van der Waals surface area (Å²) in [6.07, 6.45) is 1.78. The van der Waals surface area contributed by atoms with Gasteiger partial charge in [0.1, 0.15) is 13.2 Å². The fourth-order valence-electron chi connectivity index (χ4n) is 4.07. The summed E-state index contributed by atoms with van der Waals surface area (Å²) in [4.78, 5) is 26.9. The molecule has 0 N–H and O–H groups in total. The molecule has 2 heterocycles. The van der Waals surface area contributed by atoms with Crippen LogP contribution in [0.5, 0.6) is 11.5 Å². The van der Waals surface area contributed by atoms with Gasteiger partial charge in [0.05, 0.1) is 11.6 Å². The van der Waals surface area contributed by atoms with E-state index in [1.165, 1.54) is 0 Å². The molecule has 1 fully saturated rings. The van der Waals surface area contributed by atoms with Crippen LogP contribution in [-0.2, 0) is 9.53 Å². The van der Waals surface area contributed by atoms with Crippen molar-refractivity contribution in [3.8, 4) is 11.5 Å². The number of ether oxygens (including phenoxy) is 3. The number of carbonyl (C=O) groups excluding carboxylic acids is 2. The molecule has 2 aliphatic rings. The zero-order chi connectivity index (χ0) is 20.4. The third kappa shape index (κ3) is 4.21. The van der Waals surface area contributed by atoms with Gasteiger partial charge in [-0.05, 0) is 56.5 Å². The highest BCUT2D eigenvalue weighted by Crippen LogP contribution is 2.38. The van der Waals surface area contributed by atoms with E-state index in [0.29, 0.717) is 31.1 Å². The molecular weight excluding hydrogens is 370 g/mol. The molecule has 0 saturated carbocycles. The van der Waals surface area contributed by atoms with Crippen molar-refractivity contribution < 1.29 is 23.8 Å². The lowest BCUT2D eigenvalue weighted by molar-refractivity contribution is -0.135. The van der Waals surface area contributed by atoms with Gasteiger partial charge in [0.15, 0.2) is 18.1 Å². The second kappa shape index (κ2) is 8.15. The van der Waals surface area contributed by atoms with Gasteiger partial charge in [0.25, 0.3) is 5.91 Å². The molecule has 1 unspecified atom stereocenters. The van der Waals surface area contributed by atoms with Crippen molar-refractivity contribution >= 4 is 11.9 Å². The SMILES string of the molecule is Cc1cc(C)cc(C(=O)OCC(=O)N2CCCC2c2ccc3c(c2)OCCO3)c1. The summed E-state index contributed by atoms with van der Waals surface area (Å²) >= 11 is 0. The predicted molar refractivity (Wildman–Crippen MR) is 107 cm³/mol. The van der Waals surface area contributed by atoms with Crippen LogP contribution >= 0.6 is 0 Å². The number of fused-ring (bicyclic) bond motifs is 1. The van der Waals surface area contributed by atoms with Gasteiger partial charge in [-0.25, -0.2) is 4.79 Å². The Morgan fingerprint density at radius 1 is 1.03 bits per heavy atom. The van der Waals surface area contributed by atoms with E-state index in [1.807, 2.05) is 38.1 Å². The Hall–Kier alpha value is -3.02. The van der Waals surface area contributed by atoms with Crippen molar-refractivity contribution in [3.05, 3.63) is 58.7 Å². The normalized spacial score (nSPS) is 17.9. The van der Waals surface area contributed by atoms with Crippen molar-refractivity contribution in [1.82, 2.24) is 4.90 Å². The van der Waals surface area contributed by atoms with Crippen molar-refractivity contribution in [1.29, 1.82) is 0 Å². The highest BCUT2D eigenvalue weighted by Gasteiger charge is 2.31. The highest BCUT2D eigenvalue weighted by atomic mass is 16.6. The number of hydrogen-bond donors (Lipinski definition) is 0. The number of hydrogen-bond acceptors (Lipinski definition) is 5. The molecule has 0 bridgehead atoms. The van der Waals surface area contributed by atoms with Gasteiger partial charge in [-0.1, -0.05) is 23.3 Å². The molecule has 0 aliphatic carbocycles. The predicted octanol–water partition coefficient (Wildman–Crippen LogP) is 3.60. The quantitative estimate of drug-likeness (QED) is 0.740. The zero-order valence-electron chi connectivity index (χ0n) is 16.8. The summed E-state index contributed by atoms with van der Waals surface area (Å²) in [5, 5.41) is 0. The number of aryl methyl sites for hydroxylation is 2. The second-order valence-corrected chi connectivity index (χ2v) is 7.60. The Bertz CT molecular complexity index is 919. The van der Waals surface area contributed by atoms with E-state index in [1.54, 1.807) is 17.0 Å². The van der Waals surface area contributed by atoms with Crippen LogP contribution in [0.1, 0.15) is 45.9 Å². The molecule has 6 heteroatoms. The largest absolute Gasteiger partial charge is 0.486 e. The van der Waals surface area contributed by atoms with Gasteiger partial charge < -0.3 is 19.1 Å². The van der Waals surface area contributed by atoms with E-state index in [2.05, 4.69) is 0 Å². The summed E-state index contributed by atoms with van der Waals surface area (Å²) in [6.45, 7) is 5.32. The first-order valence-corrected chi connectivity index (χ1v) is 9.96. The first-order valence-electron chi connectivity index (χ1n) is 9.96. The number of benzene rings is 2. The minimum atomic E-state index is -0.472. The minimum Gasteiger partial charge on any atom is -0.486 e. The molecule has 2 aliphatic heterocycles. The van der Waals surface area contributed by atoms with Crippen molar-refractivity contribution in [2.45, 2.75) is 32.7 Å². The first-order chi connectivity index (χ1) is 14.0. The molecule has 1 atom stereocenters. The highest BCUT2D eigenvalue weighted by molar-refractivity contribution is 5.91. The van der Waals surface area contributed by atoms with Crippen LogP contribution < -0.4 is 9.47 Å². The first kappa shape index (κ1) is 19.3. The molecule has 152 valence electrons. The van der Waals surface area contributed by atoms with E-state index >= 15 is 0 Å². The monoisotopic (exact) mass is 395 g/mol. The third-order valence-corrected chi connectivity index (χ3v) is 5.31. The molecule has 0 spiro atoms. The lowest BCUT2D eigenvalue weighted by atomic mass is 10.0.